The average molecular weight is 306 g/mol. The summed E-state index contributed by atoms with van der Waals surface area (Å²) in [6.07, 6.45) is 0.939. The molecule has 1 aromatic heterocycles. The summed E-state index contributed by atoms with van der Waals surface area (Å²) in [5.41, 5.74) is 0.797. The van der Waals surface area contributed by atoms with E-state index in [2.05, 4.69) is 15.3 Å². The second-order valence-corrected chi connectivity index (χ2v) is 5.72. The van der Waals surface area contributed by atoms with Crippen molar-refractivity contribution < 1.29 is 14.3 Å². The fourth-order valence-electron chi connectivity index (χ4n) is 2.50. The van der Waals surface area contributed by atoms with Crippen molar-refractivity contribution in [3.63, 3.8) is 0 Å². The van der Waals surface area contributed by atoms with Crippen LogP contribution in [0, 0.1) is 6.92 Å². The van der Waals surface area contributed by atoms with E-state index in [0.29, 0.717) is 24.6 Å². The molecule has 0 aliphatic carbocycles. The third kappa shape index (κ3) is 3.52. The Morgan fingerprint density at radius 2 is 2.14 bits per heavy atom. The molecule has 0 bridgehead atoms. The normalized spacial score (nSPS) is 17.7. The van der Waals surface area contributed by atoms with Gasteiger partial charge >= 0.3 is 6.09 Å². The summed E-state index contributed by atoms with van der Waals surface area (Å²) in [6, 6.07) is 1.21. The maximum atomic E-state index is 12.4. The lowest BCUT2D eigenvalue weighted by Crippen LogP contribution is -2.43. The van der Waals surface area contributed by atoms with Crippen LogP contribution in [0.2, 0.25) is 0 Å². The monoisotopic (exact) mass is 306 g/mol. The minimum Gasteiger partial charge on any atom is -0.453 e. The lowest BCUT2D eigenvalue weighted by molar-refractivity contribution is -0.120. The number of nitrogens with zero attached hydrogens (tertiary/aromatic N) is 3. The van der Waals surface area contributed by atoms with E-state index in [1.807, 2.05) is 20.8 Å². The van der Waals surface area contributed by atoms with Crippen LogP contribution in [0.5, 0.6) is 0 Å². The molecular weight excluding hydrogens is 284 g/mol. The molecule has 1 atom stereocenters. The minimum absolute atomic E-state index is 0.175. The average Bonchev–Trinajstić information content (AvgIpc) is 2.95. The van der Waals surface area contributed by atoms with Crippen LogP contribution in [0.3, 0.4) is 0 Å². The van der Waals surface area contributed by atoms with Crippen LogP contribution < -0.4 is 5.32 Å². The van der Waals surface area contributed by atoms with Gasteiger partial charge in [0.2, 0.25) is 5.91 Å². The van der Waals surface area contributed by atoms with Crippen LogP contribution in [-0.4, -0.2) is 46.6 Å². The number of ether oxygens (including phenoxy) is 1. The van der Waals surface area contributed by atoms with Gasteiger partial charge in [-0.2, -0.15) is 0 Å². The summed E-state index contributed by atoms with van der Waals surface area (Å²) < 4.78 is 4.72. The molecule has 1 aliphatic heterocycles. The fraction of sp³-hybridized carbons (Fsp3) is 0.600. The number of methoxy groups -OCH3 is 1. The van der Waals surface area contributed by atoms with E-state index in [-0.39, 0.29) is 11.8 Å². The Kier molecular flexibility index (Phi) is 4.95. The van der Waals surface area contributed by atoms with Crippen LogP contribution in [0.15, 0.2) is 6.07 Å². The molecule has 0 radical (unpaired) electrons. The van der Waals surface area contributed by atoms with Gasteiger partial charge in [0, 0.05) is 24.2 Å². The molecular formula is C15H22N4O3. The molecule has 2 rings (SSSR count). The van der Waals surface area contributed by atoms with Gasteiger partial charge in [0.1, 0.15) is 17.7 Å². The largest absolute Gasteiger partial charge is 0.453 e. The van der Waals surface area contributed by atoms with Crippen molar-refractivity contribution in [3.8, 4) is 0 Å². The van der Waals surface area contributed by atoms with E-state index in [0.717, 1.165) is 12.1 Å². The molecule has 120 valence electrons. The summed E-state index contributed by atoms with van der Waals surface area (Å²) >= 11 is 0. The highest BCUT2D eigenvalue weighted by atomic mass is 16.5. The summed E-state index contributed by atoms with van der Waals surface area (Å²) in [6.45, 7) is 6.39. The number of anilines is 1. The Morgan fingerprint density at radius 1 is 1.41 bits per heavy atom. The predicted octanol–water partition coefficient (Wildman–Crippen LogP) is 2.08. The highest BCUT2D eigenvalue weighted by Gasteiger charge is 2.34. The van der Waals surface area contributed by atoms with Crippen LogP contribution in [0.1, 0.15) is 44.1 Å². The zero-order valence-corrected chi connectivity index (χ0v) is 13.4. The van der Waals surface area contributed by atoms with Gasteiger partial charge in [0.15, 0.2) is 0 Å². The number of aryl methyl sites for hydroxylation is 1. The summed E-state index contributed by atoms with van der Waals surface area (Å²) in [5.74, 6) is 1.09. The van der Waals surface area contributed by atoms with E-state index < -0.39 is 12.1 Å². The van der Waals surface area contributed by atoms with Gasteiger partial charge in [0.25, 0.3) is 0 Å². The summed E-state index contributed by atoms with van der Waals surface area (Å²) in [4.78, 5) is 34.2. The first-order valence-corrected chi connectivity index (χ1v) is 7.43. The highest BCUT2D eigenvalue weighted by molar-refractivity contribution is 5.96. The quantitative estimate of drug-likeness (QED) is 0.924. The predicted molar refractivity (Wildman–Crippen MR) is 81.6 cm³/mol. The lowest BCUT2D eigenvalue weighted by Gasteiger charge is -2.22. The van der Waals surface area contributed by atoms with Gasteiger partial charge in [-0.25, -0.2) is 14.8 Å². The van der Waals surface area contributed by atoms with E-state index >= 15 is 0 Å². The molecule has 7 nitrogen and oxygen atoms in total. The van der Waals surface area contributed by atoms with Gasteiger partial charge < -0.3 is 10.1 Å². The molecule has 0 aromatic carbocycles. The van der Waals surface area contributed by atoms with E-state index in [1.165, 1.54) is 12.0 Å². The second kappa shape index (κ2) is 6.72. The van der Waals surface area contributed by atoms with E-state index in [9.17, 15) is 9.59 Å². The van der Waals surface area contributed by atoms with Gasteiger partial charge in [0.05, 0.1) is 7.11 Å². The first-order chi connectivity index (χ1) is 10.4. The fourth-order valence-corrected chi connectivity index (χ4v) is 2.50. The maximum absolute atomic E-state index is 12.4. The second-order valence-electron chi connectivity index (χ2n) is 5.72. The number of hydrogen-bond donors (Lipinski definition) is 1. The molecule has 22 heavy (non-hydrogen) atoms. The summed E-state index contributed by atoms with van der Waals surface area (Å²) in [7, 11) is 1.32. The Morgan fingerprint density at radius 3 is 2.77 bits per heavy atom. The Bertz CT molecular complexity index is 574. The maximum Gasteiger partial charge on any atom is 0.410 e. The smallest absolute Gasteiger partial charge is 0.410 e. The number of hydrogen-bond acceptors (Lipinski definition) is 5. The molecule has 0 unspecified atom stereocenters. The van der Waals surface area contributed by atoms with Crippen molar-refractivity contribution in [2.45, 2.75) is 45.6 Å². The third-order valence-corrected chi connectivity index (χ3v) is 3.60. The molecule has 1 saturated heterocycles. The number of carbonyl (C=O) groups excluding carboxylic acids is 2. The van der Waals surface area contributed by atoms with Crippen LogP contribution >= 0.6 is 0 Å². The molecule has 1 fully saturated rings. The van der Waals surface area contributed by atoms with Gasteiger partial charge in [-0.15, -0.1) is 0 Å². The number of likely N-dealkylation sites (tertiary alicyclic amines) is 1. The van der Waals surface area contributed by atoms with Crippen molar-refractivity contribution in [2.75, 3.05) is 19.0 Å². The zero-order valence-electron chi connectivity index (χ0n) is 13.4. The first kappa shape index (κ1) is 16.2. The lowest BCUT2D eigenvalue weighted by atomic mass is 10.2. The van der Waals surface area contributed by atoms with Gasteiger partial charge in [-0.1, -0.05) is 13.8 Å². The number of carbonyl (C=O) groups is 2. The zero-order chi connectivity index (χ0) is 16.3. The van der Waals surface area contributed by atoms with Crippen molar-refractivity contribution in [1.82, 2.24) is 14.9 Å². The molecule has 1 N–H and O–H groups in total. The van der Waals surface area contributed by atoms with Crippen LogP contribution in [-0.2, 0) is 9.53 Å². The number of aromatic nitrogens is 2. The number of amides is 2. The SMILES string of the molecule is COC(=O)N1CCC[C@H]1C(=O)Nc1cc(C)nc(C(C)C)n1. The Labute approximate surface area is 130 Å². The van der Waals surface area contributed by atoms with Crippen molar-refractivity contribution >= 4 is 17.8 Å². The van der Waals surface area contributed by atoms with E-state index in [4.69, 9.17) is 4.74 Å². The molecule has 2 heterocycles. The molecule has 2 amide bonds. The standard InChI is InChI=1S/C15H22N4O3/c1-9(2)13-16-10(3)8-12(17-13)18-14(20)11-6-5-7-19(11)15(21)22-4/h8-9,11H,5-7H2,1-4H3,(H,16,17,18,20)/t11-/m0/s1. The molecule has 0 saturated carbocycles. The van der Waals surface area contributed by atoms with Crippen molar-refractivity contribution in [2.24, 2.45) is 0 Å². The number of nitrogens with one attached hydrogen (secondary N) is 1. The highest BCUT2D eigenvalue weighted by Crippen LogP contribution is 2.20. The molecule has 7 heteroatoms. The molecule has 0 spiro atoms. The van der Waals surface area contributed by atoms with E-state index in [1.54, 1.807) is 6.07 Å². The van der Waals surface area contributed by atoms with Gasteiger partial charge in [-0.05, 0) is 19.8 Å². The van der Waals surface area contributed by atoms with Gasteiger partial charge in [-0.3, -0.25) is 9.69 Å². The van der Waals surface area contributed by atoms with Crippen molar-refractivity contribution in [3.05, 3.63) is 17.6 Å². The van der Waals surface area contributed by atoms with Crippen LogP contribution in [0.25, 0.3) is 0 Å². The van der Waals surface area contributed by atoms with Crippen molar-refractivity contribution in [1.29, 1.82) is 0 Å². The number of rotatable bonds is 3. The summed E-state index contributed by atoms with van der Waals surface area (Å²) in [5, 5.41) is 2.79. The van der Waals surface area contributed by atoms with Crippen LogP contribution in [0.4, 0.5) is 10.6 Å². The Balaban J connectivity index is 2.13. The first-order valence-electron chi connectivity index (χ1n) is 7.43. The minimum atomic E-state index is -0.509. The topological polar surface area (TPSA) is 84.4 Å². The third-order valence-electron chi connectivity index (χ3n) is 3.60. The Hall–Kier alpha value is -2.18. The molecule has 1 aliphatic rings. The molecule has 1 aromatic rings.